The maximum atomic E-state index is 11.4. The number of benzene rings is 1. The third kappa shape index (κ3) is 27.8. The molecule has 1 aromatic carbocycles. The van der Waals surface area contributed by atoms with Gasteiger partial charge in [0.1, 0.15) is 0 Å². The number of aliphatic carboxylic acids is 1. The van der Waals surface area contributed by atoms with Crippen molar-refractivity contribution >= 4 is 18.1 Å². The lowest BCUT2D eigenvalue weighted by molar-refractivity contribution is -0.240. The Balaban J connectivity index is -0.000000441. The van der Waals surface area contributed by atoms with Gasteiger partial charge in [0, 0.05) is 6.92 Å². The van der Waals surface area contributed by atoms with Gasteiger partial charge in [-0.15, -0.1) is 0 Å². The molecule has 9 heteroatoms. The molecule has 9 nitrogen and oxygen atoms in total. The van der Waals surface area contributed by atoms with Crippen LogP contribution in [0.15, 0.2) is 30.3 Å². The van der Waals surface area contributed by atoms with E-state index in [1.54, 1.807) is 19.1 Å². The van der Waals surface area contributed by atoms with Gasteiger partial charge in [0.15, 0.2) is 6.29 Å². The van der Waals surface area contributed by atoms with Crippen molar-refractivity contribution in [1.82, 2.24) is 0 Å². The van der Waals surface area contributed by atoms with Crippen LogP contribution in [0.3, 0.4) is 0 Å². The first-order valence-electron chi connectivity index (χ1n) is 12.9. The fourth-order valence-corrected chi connectivity index (χ4v) is 2.53. The van der Waals surface area contributed by atoms with E-state index in [9.17, 15) is 4.79 Å². The Kier molecular flexibility index (Phi) is 27.9. The maximum absolute atomic E-state index is 11.4. The van der Waals surface area contributed by atoms with E-state index in [-0.39, 0.29) is 30.6 Å². The second-order valence-corrected chi connectivity index (χ2v) is 8.42. The molecule has 0 spiro atoms. The number of rotatable bonds is 7. The van der Waals surface area contributed by atoms with Gasteiger partial charge in [0.05, 0.1) is 30.0 Å². The Labute approximate surface area is 222 Å². The normalized spacial score (nSPS) is 19.1. The fraction of sp³-hybridized carbons (Fsp3) is 0.679. The van der Waals surface area contributed by atoms with Crippen LogP contribution in [0, 0.1) is 0 Å². The van der Waals surface area contributed by atoms with E-state index in [4.69, 9.17) is 38.8 Å². The highest BCUT2D eigenvalue weighted by Gasteiger charge is 2.25. The molecule has 37 heavy (non-hydrogen) atoms. The molecule has 2 N–H and O–H groups in total. The molecule has 214 valence electrons. The highest BCUT2D eigenvalue weighted by atomic mass is 16.7. The van der Waals surface area contributed by atoms with Crippen molar-refractivity contribution in [2.75, 3.05) is 0 Å². The van der Waals surface area contributed by atoms with Gasteiger partial charge >= 0.3 is 12.1 Å². The summed E-state index contributed by atoms with van der Waals surface area (Å²) in [5.74, 6) is -1.07. The Morgan fingerprint density at radius 1 is 1.05 bits per heavy atom. The number of esters is 1. The van der Waals surface area contributed by atoms with Gasteiger partial charge < -0.3 is 24.4 Å². The zero-order chi connectivity index (χ0) is 29.2. The van der Waals surface area contributed by atoms with Gasteiger partial charge in [0.2, 0.25) is 0 Å². The number of carboxylic acid groups (broad SMARTS) is 1. The second kappa shape index (κ2) is 26.5. The van der Waals surface area contributed by atoms with Crippen molar-refractivity contribution in [3.05, 3.63) is 35.9 Å². The van der Waals surface area contributed by atoms with Crippen molar-refractivity contribution in [3.63, 3.8) is 0 Å². The van der Waals surface area contributed by atoms with E-state index < -0.39 is 5.97 Å². The predicted octanol–water partition coefficient (Wildman–Crippen LogP) is 5.64. The first-order valence-corrected chi connectivity index (χ1v) is 12.9. The zero-order valence-corrected chi connectivity index (χ0v) is 23.8. The molecule has 0 saturated carbocycles. The molecular weight excluding hydrogens is 480 g/mol. The summed E-state index contributed by atoms with van der Waals surface area (Å²) >= 11 is 0. The highest BCUT2D eigenvalue weighted by Crippen LogP contribution is 2.22. The average Bonchev–Trinajstić information content (AvgIpc) is 2.85. The molecule has 1 aliphatic rings. The minimum atomic E-state index is -0.833. The van der Waals surface area contributed by atoms with E-state index in [2.05, 4.69) is 20.8 Å². The third-order valence-electron chi connectivity index (χ3n) is 4.79. The number of aliphatic hydroxyl groups is 1. The molecule has 1 saturated heterocycles. The largest absolute Gasteiger partial charge is 0.481 e. The van der Waals surface area contributed by atoms with Gasteiger partial charge in [0.25, 0.3) is 5.97 Å². The Morgan fingerprint density at radius 3 is 1.92 bits per heavy atom. The van der Waals surface area contributed by atoms with Gasteiger partial charge in [-0.05, 0) is 65.0 Å². The Hall–Kier alpha value is -2.58. The summed E-state index contributed by atoms with van der Waals surface area (Å²) in [5, 5.41) is 15.8. The van der Waals surface area contributed by atoms with Crippen molar-refractivity contribution in [3.8, 4) is 0 Å². The van der Waals surface area contributed by atoms with Crippen molar-refractivity contribution < 1.29 is 43.6 Å². The van der Waals surface area contributed by atoms with Crippen LogP contribution >= 0.6 is 0 Å². The fourth-order valence-electron chi connectivity index (χ4n) is 2.53. The van der Waals surface area contributed by atoms with Crippen molar-refractivity contribution in [2.24, 2.45) is 0 Å². The van der Waals surface area contributed by atoms with Crippen LogP contribution in [0.2, 0.25) is 0 Å². The molecule has 2 rings (SSSR count). The van der Waals surface area contributed by atoms with Crippen molar-refractivity contribution in [1.29, 1.82) is 0 Å². The zero-order valence-electron chi connectivity index (χ0n) is 23.8. The molecule has 1 fully saturated rings. The Bertz CT molecular complexity index is 697. The number of hydrogen-bond acceptors (Lipinski definition) is 8. The number of carbonyl (C=O) groups is 2. The first-order chi connectivity index (χ1) is 17.4. The number of ether oxygens (including phenoxy) is 3. The topological polar surface area (TPSA) is 136 Å². The maximum Gasteiger partial charge on any atom is 0.373 e. The quantitative estimate of drug-likeness (QED) is 0.430. The minimum absolute atomic E-state index is 0.00675. The van der Waals surface area contributed by atoms with Crippen LogP contribution in [0.25, 0.3) is 0 Å². The van der Waals surface area contributed by atoms with Crippen LogP contribution < -0.4 is 0 Å². The molecule has 1 heterocycles. The molecule has 0 bridgehead atoms. The monoisotopic (exact) mass is 528 g/mol. The highest BCUT2D eigenvalue weighted by molar-refractivity contribution is 5.89. The molecule has 5 atom stereocenters. The van der Waals surface area contributed by atoms with E-state index in [0.29, 0.717) is 17.8 Å². The van der Waals surface area contributed by atoms with E-state index >= 15 is 0 Å². The molecule has 0 radical (unpaired) electrons. The Morgan fingerprint density at radius 2 is 1.54 bits per heavy atom. The lowest BCUT2D eigenvalue weighted by atomic mass is 10.1. The predicted molar refractivity (Wildman–Crippen MR) is 141 cm³/mol. The second-order valence-electron chi connectivity index (χ2n) is 8.42. The van der Waals surface area contributed by atoms with Crippen LogP contribution in [-0.4, -0.2) is 59.0 Å². The number of carbonyl (C=O) groups excluding carboxylic acids is 3. The summed E-state index contributed by atoms with van der Waals surface area (Å²) in [6.45, 7) is 15.2. The summed E-state index contributed by atoms with van der Waals surface area (Å²) in [7, 11) is 0. The molecule has 1 aromatic rings. The standard InChI is InChI=1S/C11H14O2.C10H20O2.C4H10O.C2H4O2.CO2/c1-3-9(2)13-11(12)10-7-5-4-6-8-10;1-4-6-10-11-8(3)7-9(5-2)12-10;1-3-4(2)5;1-2(3)4;2-1-3/h4-9H,3H2,1-2H3;8-10H,4-7H2,1-3H3;4-5H,3H2,1-2H3;1H3,(H,3,4);. The van der Waals surface area contributed by atoms with Gasteiger partial charge in [-0.1, -0.05) is 52.3 Å². The molecule has 0 aliphatic carbocycles. The van der Waals surface area contributed by atoms with E-state index in [1.807, 2.05) is 39.0 Å². The van der Waals surface area contributed by atoms with Crippen LogP contribution in [0.5, 0.6) is 0 Å². The average molecular weight is 529 g/mol. The van der Waals surface area contributed by atoms with Crippen LogP contribution in [0.1, 0.15) is 104 Å². The summed E-state index contributed by atoms with van der Waals surface area (Å²) < 4.78 is 16.5. The summed E-state index contributed by atoms with van der Waals surface area (Å²) in [6.07, 6.45) is 7.01. The number of carboxylic acids is 1. The summed E-state index contributed by atoms with van der Waals surface area (Å²) in [6, 6.07) is 9.04. The SMILES string of the molecule is CC(=O)O.CCC(C)O.CCC(C)OC(=O)c1ccccc1.CCCC1OC(C)CC(CC)O1.O=C=O. The first kappa shape index (κ1) is 38.9. The number of aliphatic hydroxyl groups excluding tert-OH is 1. The lowest BCUT2D eigenvalue weighted by Gasteiger charge is -2.33. The van der Waals surface area contributed by atoms with E-state index in [1.165, 1.54) is 0 Å². The lowest BCUT2D eigenvalue weighted by Crippen LogP contribution is -2.36. The van der Waals surface area contributed by atoms with Crippen LogP contribution in [-0.2, 0) is 28.6 Å². The molecule has 0 amide bonds. The summed E-state index contributed by atoms with van der Waals surface area (Å²) in [5.41, 5.74) is 0.614. The third-order valence-corrected chi connectivity index (χ3v) is 4.79. The molecule has 1 aliphatic heterocycles. The van der Waals surface area contributed by atoms with Crippen molar-refractivity contribution in [2.45, 2.75) is 125 Å². The number of hydrogen-bond donors (Lipinski definition) is 2. The van der Waals surface area contributed by atoms with Gasteiger partial charge in [-0.2, -0.15) is 9.59 Å². The van der Waals surface area contributed by atoms with Crippen LogP contribution in [0.4, 0.5) is 0 Å². The molecule has 0 aromatic heterocycles. The summed E-state index contributed by atoms with van der Waals surface area (Å²) in [4.78, 5) is 36.6. The molecule has 5 unspecified atom stereocenters. The smallest absolute Gasteiger partial charge is 0.373 e. The van der Waals surface area contributed by atoms with Gasteiger partial charge in [-0.3, -0.25) is 4.79 Å². The van der Waals surface area contributed by atoms with E-state index in [0.717, 1.165) is 45.4 Å². The molecular formula is C28H48O9. The van der Waals surface area contributed by atoms with Gasteiger partial charge in [-0.25, -0.2) is 4.79 Å². The minimum Gasteiger partial charge on any atom is -0.481 e.